The molecule has 1 aromatic heterocycles. The molecule has 2 amide bonds. The Morgan fingerprint density at radius 1 is 1.21 bits per heavy atom. The van der Waals surface area contributed by atoms with Crippen LogP contribution < -0.4 is 4.90 Å². The molecule has 3 rings (SSSR count). The summed E-state index contributed by atoms with van der Waals surface area (Å²) in [5.41, 5.74) is 3.17. The van der Waals surface area contributed by atoms with E-state index < -0.39 is 0 Å². The summed E-state index contributed by atoms with van der Waals surface area (Å²) in [6.07, 6.45) is 5.07. The van der Waals surface area contributed by atoms with E-state index in [1.165, 1.54) is 6.92 Å². The average molecular weight is 323 g/mol. The number of anilines is 1. The predicted molar refractivity (Wildman–Crippen MR) is 92.7 cm³/mol. The van der Waals surface area contributed by atoms with Gasteiger partial charge in [-0.3, -0.25) is 14.6 Å². The Morgan fingerprint density at radius 3 is 2.75 bits per heavy atom. The number of fused-ring (bicyclic) bond motifs is 1. The number of amides is 2. The molecule has 2 heterocycles. The molecular formula is C19H21N3O2. The highest BCUT2D eigenvalue weighted by Gasteiger charge is 2.26. The highest BCUT2D eigenvalue weighted by molar-refractivity contribution is 5.98. The van der Waals surface area contributed by atoms with Crippen molar-refractivity contribution in [1.29, 1.82) is 0 Å². The van der Waals surface area contributed by atoms with Gasteiger partial charge in [0.25, 0.3) is 0 Å². The molecule has 1 aliphatic rings. The van der Waals surface area contributed by atoms with Gasteiger partial charge in [0.1, 0.15) is 6.54 Å². The number of nitrogens with zero attached hydrogens (tertiary/aromatic N) is 3. The van der Waals surface area contributed by atoms with E-state index in [1.807, 2.05) is 36.4 Å². The van der Waals surface area contributed by atoms with Crippen molar-refractivity contribution in [3.8, 4) is 0 Å². The van der Waals surface area contributed by atoms with E-state index in [-0.39, 0.29) is 18.4 Å². The normalized spacial score (nSPS) is 12.8. The maximum absolute atomic E-state index is 12.6. The maximum atomic E-state index is 12.6. The third-order valence-electron chi connectivity index (χ3n) is 4.36. The molecule has 0 saturated carbocycles. The lowest BCUT2D eigenvalue weighted by Crippen LogP contribution is -2.42. The first-order valence-electron chi connectivity index (χ1n) is 8.18. The monoisotopic (exact) mass is 323 g/mol. The molecule has 0 atom stereocenters. The standard InChI is InChI=1S/C19H21N3O2/c1-15(23)21(11-8-16-5-3-2-4-6-16)14-19(24)22-12-9-17-13-20-10-7-18(17)22/h2-7,10,13H,8-9,11-12,14H2,1H3. The fourth-order valence-electron chi connectivity index (χ4n) is 2.99. The van der Waals surface area contributed by atoms with Gasteiger partial charge >= 0.3 is 0 Å². The Kier molecular flexibility index (Phi) is 4.89. The van der Waals surface area contributed by atoms with Crippen LogP contribution in [0.25, 0.3) is 0 Å². The van der Waals surface area contributed by atoms with Gasteiger partial charge in [0.05, 0.1) is 0 Å². The maximum Gasteiger partial charge on any atom is 0.246 e. The molecule has 24 heavy (non-hydrogen) atoms. The van der Waals surface area contributed by atoms with Gasteiger partial charge in [-0.15, -0.1) is 0 Å². The fourth-order valence-corrected chi connectivity index (χ4v) is 2.99. The van der Waals surface area contributed by atoms with Gasteiger partial charge in [-0.05, 0) is 30.0 Å². The molecule has 0 saturated heterocycles. The third kappa shape index (κ3) is 3.62. The Labute approximate surface area is 141 Å². The van der Waals surface area contributed by atoms with Crippen molar-refractivity contribution < 1.29 is 9.59 Å². The van der Waals surface area contributed by atoms with Crippen molar-refractivity contribution in [1.82, 2.24) is 9.88 Å². The van der Waals surface area contributed by atoms with E-state index in [0.29, 0.717) is 13.1 Å². The van der Waals surface area contributed by atoms with E-state index in [0.717, 1.165) is 29.7 Å². The van der Waals surface area contributed by atoms with Crippen molar-refractivity contribution in [2.24, 2.45) is 0 Å². The summed E-state index contributed by atoms with van der Waals surface area (Å²) in [6, 6.07) is 11.9. The molecular weight excluding hydrogens is 302 g/mol. The van der Waals surface area contributed by atoms with Crippen LogP contribution in [0, 0.1) is 0 Å². The minimum Gasteiger partial charge on any atom is -0.333 e. The van der Waals surface area contributed by atoms with Crippen molar-refractivity contribution in [2.45, 2.75) is 19.8 Å². The summed E-state index contributed by atoms with van der Waals surface area (Å²) in [4.78, 5) is 32.0. The van der Waals surface area contributed by atoms with Crippen LogP contribution in [0.4, 0.5) is 5.69 Å². The van der Waals surface area contributed by atoms with Crippen molar-refractivity contribution >= 4 is 17.5 Å². The Morgan fingerprint density at radius 2 is 2.00 bits per heavy atom. The zero-order valence-corrected chi connectivity index (χ0v) is 13.8. The molecule has 5 nitrogen and oxygen atoms in total. The largest absolute Gasteiger partial charge is 0.333 e. The van der Waals surface area contributed by atoms with Crippen LogP contribution in [0.15, 0.2) is 48.8 Å². The number of pyridine rings is 1. The zero-order valence-electron chi connectivity index (χ0n) is 13.8. The van der Waals surface area contributed by atoms with Crippen LogP contribution in [-0.2, 0) is 22.4 Å². The molecule has 0 spiro atoms. The summed E-state index contributed by atoms with van der Waals surface area (Å²) in [6.45, 7) is 2.83. The third-order valence-corrected chi connectivity index (χ3v) is 4.36. The van der Waals surface area contributed by atoms with Crippen LogP contribution in [0.5, 0.6) is 0 Å². The second kappa shape index (κ2) is 7.25. The average Bonchev–Trinajstić information content (AvgIpc) is 3.03. The first-order valence-corrected chi connectivity index (χ1v) is 8.18. The van der Waals surface area contributed by atoms with Gasteiger partial charge in [0.2, 0.25) is 11.8 Å². The summed E-state index contributed by atoms with van der Waals surface area (Å²) in [7, 11) is 0. The Balaban J connectivity index is 1.63. The Bertz CT molecular complexity index is 730. The lowest BCUT2D eigenvalue weighted by Gasteiger charge is -2.24. The van der Waals surface area contributed by atoms with Crippen LogP contribution in [0.1, 0.15) is 18.1 Å². The highest BCUT2D eigenvalue weighted by Crippen LogP contribution is 2.26. The fraction of sp³-hybridized carbons (Fsp3) is 0.316. The van der Waals surface area contributed by atoms with Crippen molar-refractivity contribution in [3.63, 3.8) is 0 Å². The van der Waals surface area contributed by atoms with Crippen LogP contribution in [-0.4, -0.2) is 41.3 Å². The number of aromatic nitrogens is 1. The number of benzene rings is 1. The summed E-state index contributed by atoms with van der Waals surface area (Å²) in [5, 5.41) is 0. The van der Waals surface area contributed by atoms with Gasteiger partial charge in [-0.2, -0.15) is 0 Å². The molecule has 124 valence electrons. The minimum absolute atomic E-state index is 0.0387. The number of carbonyl (C=O) groups excluding carboxylic acids is 2. The van der Waals surface area contributed by atoms with Crippen LogP contribution in [0.3, 0.4) is 0 Å². The van der Waals surface area contributed by atoms with Gasteiger partial charge in [0.15, 0.2) is 0 Å². The van der Waals surface area contributed by atoms with E-state index in [2.05, 4.69) is 4.98 Å². The molecule has 1 aromatic carbocycles. The summed E-state index contributed by atoms with van der Waals surface area (Å²) < 4.78 is 0. The van der Waals surface area contributed by atoms with Gasteiger partial charge in [-0.25, -0.2) is 0 Å². The van der Waals surface area contributed by atoms with E-state index >= 15 is 0 Å². The number of hydrogen-bond acceptors (Lipinski definition) is 3. The van der Waals surface area contributed by atoms with Crippen molar-refractivity contribution in [2.75, 3.05) is 24.5 Å². The summed E-state index contributed by atoms with van der Waals surface area (Å²) in [5.74, 6) is -0.114. The zero-order chi connectivity index (χ0) is 16.9. The van der Waals surface area contributed by atoms with Crippen LogP contribution >= 0.6 is 0 Å². The van der Waals surface area contributed by atoms with E-state index in [1.54, 1.807) is 22.2 Å². The molecule has 5 heteroatoms. The van der Waals surface area contributed by atoms with E-state index in [4.69, 9.17) is 0 Å². The SMILES string of the molecule is CC(=O)N(CCc1ccccc1)CC(=O)N1CCc2cnccc21. The predicted octanol–water partition coefficient (Wildman–Crippen LogP) is 2.06. The van der Waals surface area contributed by atoms with Gasteiger partial charge < -0.3 is 9.80 Å². The first kappa shape index (κ1) is 16.2. The molecule has 1 aliphatic heterocycles. The molecule has 0 bridgehead atoms. The number of carbonyl (C=O) groups is 2. The molecule has 0 N–H and O–H groups in total. The Hall–Kier alpha value is -2.69. The van der Waals surface area contributed by atoms with Gasteiger partial charge in [0, 0.05) is 38.1 Å². The minimum atomic E-state index is -0.0755. The van der Waals surface area contributed by atoms with Crippen LogP contribution in [0.2, 0.25) is 0 Å². The summed E-state index contributed by atoms with van der Waals surface area (Å²) >= 11 is 0. The second-order valence-corrected chi connectivity index (χ2v) is 5.98. The second-order valence-electron chi connectivity index (χ2n) is 5.98. The lowest BCUT2D eigenvalue weighted by atomic mass is 10.1. The molecule has 0 unspecified atom stereocenters. The molecule has 2 aromatic rings. The smallest absolute Gasteiger partial charge is 0.246 e. The quantitative estimate of drug-likeness (QED) is 0.846. The first-order chi connectivity index (χ1) is 11.6. The molecule has 0 aliphatic carbocycles. The van der Waals surface area contributed by atoms with Crippen molar-refractivity contribution in [3.05, 3.63) is 59.9 Å². The van der Waals surface area contributed by atoms with E-state index in [9.17, 15) is 9.59 Å². The number of hydrogen-bond donors (Lipinski definition) is 0. The number of rotatable bonds is 5. The lowest BCUT2D eigenvalue weighted by molar-refractivity contribution is -0.133. The molecule has 0 radical (unpaired) electrons. The molecule has 0 fully saturated rings. The topological polar surface area (TPSA) is 53.5 Å². The highest BCUT2D eigenvalue weighted by atomic mass is 16.2. The van der Waals surface area contributed by atoms with Gasteiger partial charge in [-0.1, -0.05) is 30.3 Å².